The van der Waals surface area contributed by atoms with E-state index < -0.39 is 23.5 Å². The number of hydrogen-bond acceptors (Lipinski definition) is 9. The summed E-state index contributed by atoms with van der Waals surface area (Å²) in [6.45, 7) is 6.12. The van der Waals surface area contributed by atoms with Crippen molar-refractivity contribution in [3.63, 3.8) is 0 Å². The van der Waals surface area contributed by atoms with Crippen LogP contribution in [0.3, 0.4) is 0 Å². The van der Waals surface area contributed by atoms with Crippen molar-refractivity contribution < 1.29 is 32.7 Å². The van der Waals surface area contributed by atoms with E-state index in [1.54, 1.807) is 0 Å². The molecule has 2 aromatic rings. The molecule has 0 aliphatic carbocycles. The topological polar surface area (TPSA) is 104 Å². The molecule has 0 saturated carbocycles. The minimum atomic E-state index is -1.33. The van der Waals surface area contributed by atoms with E-state index in [0.717, 1.165) is 13.1 Å². The lowest BCUT2D eigenvalue weighted by molar-refractivity contribution is -0.222. The van der Waals surface area contributed by atoms with E-state index >= 15 is 0 Å². The summed E-state index contributed by atoms with van der Waals surface area (Å²) in [6.07, 6.45) is 1.28. The van der Waals surface area contributed by atoms with Gasteiger partial charge in [-0.25, -0.2) is 14.0 Å². The summed E-state index contributed by atoms with van der Waals surface area (Å²) < 4.78 is 35.1. The molecule has 0 unspecified atom stereocenters. The van der Waals surface area contributed by atoms with Gasteiger partial charge >= 0.3 is 11.9 Å². The Labute approximate surface area is 171 Å². The first kappa shape index (κ1) is 20.2. The van der Waals surface area contributed by atoms with Crippen molar-refractivity contribution in [2.45, 2.75) is 26.2 Å². The zero-order valence-corrected chi connectivity index (χ0v) is 16.5. The van der Waals surface area contributed by atoms with E-state index in [0.29, 0.717) is 31.2 Å². The molecule has 30 heavy (non-hydrogen) atoms. The zero-order chi connectivity index (χ0) is 21.3. The van der Waals surface area contributed by atoms with Gasteiger partial charge in [0, 0.05) is 26.9 Å². The number of aromatic nitrogens is 2. The smallest absolute Gasteiger partial charge is 0.348 e. The lowest BCUT2D eigenvalue weighted by Crippen LogP contribution is -2.41. The molecule has 3 heterocycles. The molecular weight excluding hydrogens is 397 g/mol. The number of nitrogens with zero attached hydrogens (tertiary/aromatic N) is 3. The van der Waals surface area contributed by atoms with Gasteiger partial charge in [-0.05, 0) is 23.8 Å². The van der Waals surface area contributed by atoms with Gasteiger partial charge in [-0.15, -0.1) is 0 Å². The molecule has 1 aromatic carbocycles. The molecule has 0 N–H and O–H groups in total. The van der Waals surface area contributed by atoms with E-state index in [4.69, 9.17) is 18.7 Å². The molecule has 2 saturated heterocycles. The second-order valence-corrected chi connectivity index (χ2v) is 7.38. The highest BCUT2D eigenvalue weighted by Crippen LogP contribution is 2.27. The van der Waals surface area contributed by atoms with Crippen LogP contribution in [0.4, 0.5) is 4.39 Å². The number of cyclic esters (lactones) is 2. The molecule has 2 aliphatic heterocycles. The zero-order valence-electron chi connectivity index (χ0n) is 16.5. The third-order valence-corrected chi connectivity index (χ3v) is 4.59. The number of rotatable bonds is 4. The van der Waals surface area contributed by atoms with Crippen LogP contribution in [0.1, 0.15) is 25.3 Å². The van der Waals surface area contributed by atoms with Gasteiger partial charge in [-0.3, -0.25) is 4.90 Å². The fraction of sp³-hybridized carbons (Fsp3) is 0.400. The van der Waals surface area contributed by atoms with Crippen molar-refractivity contribution in [3.8, 4) is 11.4 Å². The van der Waals surface area contributed by atoms with Crippen molar-refractivity contribution in [1.82, 2.24) is 15.0 Å². The molecule has 0 atom stereocenters. The van der Waals surface area contributed by atoms with E-state index in [2.05, 4.69) is 15.0 Å². The van der Waals surface area contributed by atoms with Crippen molar-refractivity contribution in [2.75, 3.05) is 26.3 Å². The Bertz CT molecular complexity index is 988. The molecule has 0 amide bonds. The molecule has 4 rings (SSSR count). The minimum absolute atomic E-state index is 0.0749. The second kappa shape index (κ2) is 7.96. The van der Waals surface area contributed by atoms with Crippen molar-refractivity contribution in [1.29, 1.82) is 0 Å². The highest BCUT2D eigenvalue weighted by atomic mass is 19.1. The Morgan fingerprint density at radius 3 is 2.57 bits per heavy atom. The third-order valence-electron chi connectivity index (χ3n) is 4.59. The fourth-order valence-corrected chi connectivity index (χ4v) is 3.13. The molecule has 2 fully saturated rings. The molecular formula is C20H20FN3O6. The molecule has 0 spiro atoms. The van der Waals surface area contributed by atoms with E-state index in [1.807, 2.05) is 0 Å². The van der Waals surface area contributed by atoms with Crippen LogP contribution in [-0.2, 0) is 30.3 Å². The minimum Gasteiger partial charge on any atom is -0.419 e. The van der Waals surface area contributed by atoms with E-state index in [-0.39, 0.29) is 17.0 Å². The first-order chi connectivity index (χ1) is 14.3. The van der Waals surface area contributed by atoms with Crippen LogP contribution in [0.2, 0.25) is 0 Å². The lowest BCUT2D eigenvalue weighted by atomic mass is 10.1. The standard InChI is InChI=1S/C20H20FN3O6/c1-20(2)28-18(25)14(19(26)29-20)10-12-3-4-15(21)13(9-12)17-22-16(30-23-17)11-24-5-7-27-8-6-24/h3-4,9-10H,5-8,11H2,1-2H3. The molecule has 10 heteroatoms. The van der Waals surface area contributed by atoms with Gasteiger partial charge in [0.2, 0.25) is 11.7 Å². The number of esters is 2. The molecule has 9 nitrogen and oxygen atoms in total. The van der Waals surface area contributed by atoms with Crippen LogP contribution < -0.4 is 0 Å². The van der Waals surface area contributed by atoms with E-state index in [9.17, 15) is 14.0 Å². The number of hydrogen-bond donors (Lipinski definition) is 0. The number of carbonyl (C=O) groups is 2. The predicted octanol–water partition coefficient (Wildman–Crippen LogP) is 1.93. The number of ether oxygens (including phenoxy) is 3. The van der Waals surface area contributed by atoms with E-state index in [1.165, 1.54) is 38.1 Å². The Kier molecular flexibility index (Phi) is 5.35. The van der Waals surface area contributed by atoms with Crippen LogP contribution >= 0.6 is 0 Å². The summed E-state index contributed by atoms with van der Waals surface area (Å²) in [5, 5.41) is 3.86. The molecule has 0 radical (unpaired) electrons. The van der Waals surface area contributed by atoms with Crippen LogP contribution in [-0.4, -0.2) is 59.1 Å². The van der Waals surface area contributed by atoms with Gasteiger partial charge in [0.05, 0.1) is 25.3 Å². The molecule has 0 bridgehead atoms. The average molecular weight is 417 g/mol. The summed E-state index contributed by atoms with van der Waals surface area (Å²) in [4.78, 5) is 30.6. The van der Waals surface area contributed by atoms with Gasteiger partial charge in [0.15, 0.2) is 0 Å². The van der Waals surface area contributed by atoms with Gasteiger partial charge in [-0.1, -0.05) is 11.2 Å². The predicted molar refractivity (Wildman–Crippen MR) is 100 cm³/mol. The monoisotopic (exact) mass is 417 g/mol. The Balaban J connectivity index is 1.57. The summed E-state index contributed by atoms with van der Waals surface area (Å²) in [7, 11) is 0. The second-order valence-electron chi connectivity index (χ2n) is 7.38. The summed E-state index contributed by atoms with van der Waals surface area (Å²) >= 11 is 0. The highest BCUT2D eigenvalue weighted by molar-refractivity contribution is 6.18. The molecule has 158 valence electrons. The lowest BCUT2D eigenvalue weighted by Gasteiger charge is -2.29. The summed E-state index contributed by atoms with van der Waals surface area (Å²) in [5.74, 6) is -3.08. The fourth-order valence-electron chi connectivity index (χ4n) is 3.13. The first-order valence-corrected chi connectivity index (χ1v) is 9.42. The number of halogens is 1. The summed E-state index contributed by atoms with van der Waals surface area (Å²) in [6, 6.07) is 4.04. The number of benzene rings is 1. The van der Waals surface area contributed by atoms with Gasteiger partial charge in [-0.2, -0.15) is 4.98 Å². The van der Waals surface area contributed by atoms with Crippen LogP contribution in [0.5, 0.6) is 0 Å². The quantitative estimate of drug-likeness (QED) is 0.419. The van der Waals surface area contributed by atoms with Gasteiger partial charge < -0.3 is 18.7 Å². The Hall–Kier alpha value is -3.11. The van der Waals surface area contributed by atoms with Crippen LogP contribution in [0.15, 0.2) is 28.3 Å². The SMILES string of the molecule is CC1(C)OC(=O)C(=Cc2ccc(F)c(-c3noc(CN4CCOCC4)n3)c2)C(=O)O1. The van der Waals surface area contributed by atoms with Crippen LogP contribution in [0, 0.1) is 5.82 Å². The average Bonchev–Trinajstić information content (AvgIpc) is 3.14. The first-order valence-electron chi connectivity index (χ1n) is 9.42. The van der Waals surface area contributed by atoms with Gasteiger partial charge in [0.1, 0.15) is 11.4 Å². The largest absolute Gasteiger partial charge is 0.419 e. The van der Waals surface area contributed by atoms with Gasteiger partial charge in [0.25, 0.3) is 5.79 Å². The number of morpholine rings is 1. The normalized spacial score (nSPS) is 19.4. The van der Waals surface area contributed by atoms with Crippen molar-refractivity contribution in [3.05, 3.63) is 41.0 Å². The van der Waals surface area contributed by atoms with Crippen molar-refractivity contribution >= 4 is 18.0 Å². The third kappa shape index (κ3) is 4.39. The Morgan fingerprint density at radius 1 is 1.17 bits per heavy atom. The molecule has 1 aromatic heterocycles. The Morgan fingerprint density at radius 2 is 1.87 bits per heavy atom. The molecule has 2 aliphatic rings. The maximum Gasteiger partial charge on any atom is 0.348 e. The number of carbonyl (C=O) groups excluding carboxylic acids is 2. The summed E-state index contributed by atoms with van der Waals surface area (Å²) in [5.41, 5.74) is 0.182. The van der Waals surface area contributed by atoms with Crippen LogP contribution in [0.25, 0.3) is 17.5 Å². The maximum atomic E-state index is 14.4. The van der Waals surface area contributed by atoms with Crippen molar-refractivity contribution in [2.24, 2.45) is 0 Å². The maximum absolute atomic E-state index is 14.4. The highest BCUT2D eigenvalue weighted by Gasteiger charge is 2.38.